The molecule has 2 heterocycles. The Morgan fingerprint density at radius 3 is 2.61 bits per heavy atom. The lowest BCUT2D eigenvalue weighted by Gasteiger charge is -2.24. The van der Waals surface area contributed by atoms with E-state index in [0.29, 0.717) is 27.7 Å². The molecule has 1 aliphatic heterocycles. The van der Waals surface area contributed by atoms with Crippen LogP contribution in [0.1, 0.15) is 34.8 Å². The van der Waals surface area contributed by atoms with Gasteiger partial charge in [-0.2, -0.15) is 5.10 Å². The van der Waals surface area contributed by atoms with E-state index in [1.807, 2.05) is 0 Å². The summed E-state index contributed by atoms with van der Waals surface area (Å²) in [6.07, 6.45) is 3.33. The van der Waals surface area contributed by atoms with Crippen LogP contribution < -0.4 is 15.4 Å². The van der Waals surface area contributed by atoms with Crippen molar-refractivity contribution in [3.8, 4) is 11.4 Å². The highest BCUT2D eigenvalue weighted by Crippen LogP contribution is 2.32. The summed E-state index contributed by atoms with van der Waals surface area (Å²) < 4.78 is 20.5. The van der Waals surface area contributed by atoms with Crippen molar-refractivity contribution in [2.24, 2.45) is 0 Å². The highest BCUT2D eigenvalue weighted by Gasteiger charge is 2.27. The number of carbonyl (C=O) groups excluding carboxylic acids is 1. The maximum absolute atomic E-state index is 13.4. The summed E-state index contributed by atoms with van der Waals surface area (Å²) in [7, 11) is 1.53. The lowest BCUT2D eigenvalue weighted by molar-refractivity contribution is 0.102. The monoisotopic (exact) mass is 464 g/mol. The zero-order valence-corrected chi connectivity index (χ0v) is 18.5. The van der Waals surface area contributed by atoms with Crippen LogP contribution in [0, 0.1) is 5.82 Å². The molecule has 3 aromatic rings. The molecule has 4 rings (SSSR count). The molecule has 0 atom stereocenters. The number of piperidine rings is 1. The number of rotatable bonds is 5. The molecule has 31 heavy (non-hydrogen) atoms. The molecule has 9 heteroatoms. The Labute approximate surface area is 191 Å². The van der Waals surface area contributed by atoms with Crippen LogP contribution in [0.3, 0.4) is 0 Å². The van der Waals surface area contributed by atoms with Crippen LogP contribution in [0.15, 0.2) is 48.7 Å². The Kier molecular flexibility index (Phi) is 7.54. The minimum atomic E-state index is -0.319. The molecule has 1 aliphatic rings. The minimum Gasteiger partial charge on any atom is -0.495 e. The maximum atomic E-state index is 13.4. The number of halogens is 3. The van der Waals surface area contributed by atoms with Gasteiger partial charge in [-0.3, -0.25) is 4.79 Å². The number of ether oxygens (including phenoxy) is 1. The first-order chi connectivity index (χ1) is 14.6. The average Bonchev–Trinajstić information content (AvgIpc) is 3.20. The summed E-state index contributed by atoms with van der Waals surface area (Å²) in [5, 5.41) is 11.2. The van der Waals surface area contributed by atoms with E-state index in [1.165, 1.54) is 19.2 Å². The summed E-state index contributed by atoms with van der Waals surface area (Å²) in [6.45, 7) is 1.73. The fourth-order valence-corrected chi connectivity index (χ4v) is 3.95. The van der Waals surface area contributed by atoms with Crippen molar-refractivity contribution < 1.29 is 13.9 Å². The standard InChI is InChI=1S/C22H22ClFN4O2.ClH/c1-30-20-7-2-15(23)12-19(20)27-22(29)18-13-26-28(17-5-3-16(24)4-6-17)21(18)14-8-10-25-11-9-14;/h2-7,12-14,25H,8-11H2,1H3,(H,27,29);1H. The van der Waals surface area contributed by atoms with Gasteiger partial charge in [-0.15, -0.1) is 12.4 Å². The third kappa shape index (κ3) is 5.01. The first-order valence-electron chi connectivity index (χ1n) is 9.76. The van der Waals surface area contributed by atoms with Crippen LogP contribution in [-0.2, 0) is 0 Å². The Hall–Kier alpha value is -2.61. The molecule has 0 radical (unpaired) electrons. The average molecular weight is 465 g/mol. The van der Waals surface area contributed by atoms with E-state index in [9.17, 15) is 9.18 Å². The third-order valence-corrected chi connectivity index (χ3v) is 5.49. The lowest BCUT2D eigenvalue weighted by atomic mass is 9.91. The highest BCUT2D eigenvalue weighted by molar-refractivity contribution is 6.31. The molecule has 1 saturated heterocycles. The van der Waals surface area contributed by atoms with Gasteiger partial charge in [0.25, 0.3) is 5.91 Å². The summed E-state index contributed by atoms with van der Waals surface area (Å²) >= 11 is 6.09. The molecule has 2 aromatic carbocycles. The summed E-state index contributed by atoms with van der Waals surface area (Å²) in [4.78, 5) is 13.2. The summed E-state index contributed by atoms with van der Waals surface area (Å²) in [6, 6.07) is 11.1. The zero-order valence-electron chi connectivity index (χ0n) is 16.9. The zero-order chi connectivity index (χ0) is 21.1. The van der Waals surface area contributed by atoms with Crippen LogP contribution in [0.2, 0.25) is 5.02 Å². The largest absolute Gasteiger partial charge is 0.495 e. The van der Waals surface area contributed by atoms with E-state index in [4.69, 9.17) is 16.3 Å². The van der Waals surface area contributed by atoms with Gasteiger partial charge < -0.3 is 15.4 Å². The van der Waals surface area contributed by atoms with E-state index in [-0.39, 0.29) is 30.0 Å². The number of carbonyl (C=O) groups is 1. The van der Waals surface area contributed by atoms with Crippen molar-refractivity contribution in [2.75, 3.05) is 25.5 Å². The molecule has 0 aliphatic carbocycles. The van der Waals surface area contributed by atoms with Gasteiger partial charge >= 0.3 is 0 Å². The van der Waals surface area contributed by atoms with Crippen LogP contribution in [0.5, 0.6) is 5.75 Å². The topological polar surface area (TPSA) is 68.2 Å². The second kappa shape index (κ2) is 10.1. The van der Waals surface area contributed by atoms with Gasteiger partial charge in [0, 0.05) is 10.9 Å². The predicted molar refractivity (Wildman–Crippen MR) is 122 cm³/mol. The van der Waals surface area contributed by atoms with Gasteiger partial charge in [-0.25, -0.2) is 9.07 Å². The Balaban J connectivity index is 0.00000272. The van der Waals surface area contributed by atoms with Crippen LogP contribution in [0.4, 0.5) is 10.1 Å². The second-order valence-corrected chi connectivity index (χ2v) is 7.59. The summed E-state index contributed by atoms with van der Waals surface area (Å²) in [5.74, 6) is 0.0562. The second-order valence-electron chi connectivity index (χ2n) is 7.15. The van der Waals surface area contributed by atoms with Crippen molar-refractivity contribution in [1.82, 2.24) is 15.1 Å². The van der Waals surface area contributed by atoms with Crippen molar-refractivity contribution >= 4 is 35.6 Å². The number of aromatic nitrogens is 2. The van der Waals surface area contributed by atoms with Crippen molar-refractivity contribution in [3.05, 3.63) is 70.8 Å². The first-order valence-corrected chi connectivity index (χ1v) is 10.1. The Bertz CT molecular complexity index is 1050. The molecule has 0 unspecified atom stereocenters. The van der Waals surface area contributed by atoms with Crippen LogP contribution >= 0.6 is 24.0 Å². The van der Waals surface area contributed by atoms with E-state index < -0.39 is 0 Å². The lowest BCUT2D eigenvalue weighted by Crippen LogP contribution is -2.29. The fraction of sp³-hybridized carbons (Fsp3) is 0.273. The number of hydrogen-bond acceptors (Lipinski definition) is 4. The predicted octanol–water partition coefficient (Wildman–Crippen LogP) is 4.81. The van der Waals surface area contributed by atoms with Gasteiger partial charge in [-0.1, -0.05) is 11.6 Å². The number of methoxy groups -OCH3 is 1. The molecule has 0 bridgehead atoms. The molecule has 1 fully saturated rings. The minimum absolute atomic E-state index is 0. The quantitative estimate of drug-likeness (QED) is 0.568. The number of nitrogens with one attached hydrogen (secondary N) is 2. The maximum Gasteiger partial charge on any atom is 0.259 e. The number of hydrogen-bond donors (Lipinski definition) is 2. The van der Waals surface area contributed by atoms with Gasteiger partial charge in [0.1, 0.15) is 11.6 Å². The molecule has 164 valence electrons. The normalized spacial score (nSPS) is 14.0. The van der Waals surface area contributed by atoms with Crippen molar-refractivity contribution in [1.29, 1.82) is 0 Å². The number of benzene rings is 2. The SMILES string of the molecule is COc1ccc(Cl)cc1NC(=O)c1cnn(-c2ccc(F)cc2)c1C1CCNCC1.Cl. The van der Waals surface area contributed by atoms with Crippen molar-refractivity contribution in [3.63, 3.8) is 0 Å². The third-order valence-electron chi connectivity index (χ3n) is 5.26. The van der Waals surface area contributed by atoms with Crippen molar-refractivity contribution in [2.45, 2.75) is 18.8 Å². The number of anilines is 1. The number of amides is 1. The molecule has 0 spiro atoms. The van der Waals surface area contributed by atoms with Crippen LogP contribution in [0.25, 0.3) is 5.69 Å². The van der Waals surface area contributed by atoms with Gasteiger partial charge in [0.2, 0.25) is 0 Å². The highest BCUT2D eigenvalue weighted by atomic mass is 35.5. The molecule has 1 aromatic heterocycles. The number of nitrogens with zero attached hydrogens (tertiary/aromatic N) is 2. The fourth-order valence-electron chi connectivity index (χ4n) is 3.78. The first kappa shape index (κ1) is 23.1. The van der Waals surface area contributed by atoms with Gasteiger partial charge in [-0.05, 0) is 68.4 Å². The van der Waals surface area contributed by atoms with Gasteiger partial charge in [0.05, 0.1) is 35.9 Å². The molecule has 6 nitrogen and oxygen atoms in total. The van der Waals surface area contributed by atoms with E-state index >= 15 is 0 Å². The molecule has 0 saturated carbocycles. The molecule has 2 N–H and O–H groups in total. The molecular weight excluding hydrogens is 442 g/mol. The van der Waals surface area contributed by atoms with E-state index in [0.717, 1.165) is 31.6 Å². The van der Waals surface area contributed by atoms with Crippen LogP contribution in [-0.4, -0.2) is 35.9 Å². The summed E-state index contributed by atoms with van der Waals surface area (Å²) in [5.41, 5.74) is 2.50. The van der Waals surface area contributed by atoms with Gasteiger partial charge in [0.15, 0.2) is 0 Å². The molecular formula is C22H23Cl2FN4O2. The Morgan fingerprint density at radius 1 is 1.23 bits per heavy atom. The smallest absolute Gasteiger partial charge is 0.259 e. The molecule has 1 amide bonds. The van der Waals surface area contributed by atoms with E-state index in [2.05, 4.69) is 15.7 Å². The Morgan fingerprint density at radius 2 is 1.94 bits per heavy atom. The van der Waals surface area contributed by atoms with E-state index in [1.54, 1.807) is 41.2 Å².